The Morgan fingerprint density at radius 2 is 2.16 bits per heavy atom. The van der Waals surface area contributed by atoms with Crippen LogP contribution in [-0.4, -0.2) is 25.7 Å². The number of hydrogen-bond donors (Lipinski definition) is 2. The highest BCUT2D eigenvalue weighted by Crippen LogP contribution is 2.51. The summed E-state index contributed by atoms with van der Waals surface area (Å²) in [6.45, 7) is 3.45. The summed E-state index contributed by atoms with van der Waals surface area (Å²) in [6, 6.07) is 6.96. The Kier molecular flexibility index (Phi) is 4.24. The highest BCUT2D eigenvalue weighted by Gasteiger charge is 2.45. The number of fused-ring (bicyclic) bond motifs is 2. The molecule has 1 aromatic carbocycles. The molecular weight excluding hydrogens is 432 g/mol. The fourth-order valence-corrected chi connectivity index (χ4v) is 4.28. The number of hydrogen-bond acceptors (Lipinski definition) is 7. The van der Waals surface area contributed by atoms with E-state index in [1.165, 1.54) is 10.9 Å². The van der Waals surface area contributed by atoms with Crippen molar-refractivity contribution in [2.45, 2.75) is 38.3 Å². The second-order valence-corrected chi connectivity index (χ2v) is 8.76. The summed E-state index contributed by atoms with van der Waals surface area (Å²) in [5.74, 6) is 2.02. The van der Waals surface area contributed by atoms with Gasteiger partial charge >= 0.3 is 6.03 Å². The van der Waals surface area contributed by atoms with Crippen LogP contribution in [0, 0.1) is 0 Å². The number of ether oxygens (including phenoxy) is 1. The molecule has 3 aromatic heterocycles. The second kappa shape index (κ2) is 7.04. The van der Waals surface area contributed by atoms with Gasteiger partial charge in [-0.1, -0.05) is 23.7 Å². The maximum Gasteiger partial charge on any atom is 0.331 e. The Morgan fingerprint density at radius 1 is 1.28 bits per heavy atom. The largest absolute Gasteiger partial charge is 0.439 e. The molecule has 162 valence electrons. The molecule has 2 N–H and O–H groups in total. The summed E-state index contributed by atoms with van der Waals surface area (Å²) in [6.07, 6.45) is 5.18. The minimum absolute atomic E-state index is 0.0799. The zero-order chi connectivity index (χ0) is 21.9. The molecule has 1 saturated carbocycles. The van der Waals surface area contributed by atoms with Crippen molar-refractivity contribution < 1.29 is 14.1 Å². The number of carbonyl (C=O) groups is 1. The van der Waals surface area contributed by atoms with Crippen LogP contribution in [0.15, 0.2) is 41.3 Å². The first-order valence-corrected chi connectivity index (χ1v) is 10.7. The Balaban J connectivity index is 1.24. The Bertz CT molecular complexity index is 1370. The van der Waals surface area contributed by atoms with E-state index < -0.39 is 0 Å². The van der Waals surface area contributed by atoms with Crippen LogP contribution in [-0.2, 0) is 18.5 Å². The van der Waals surface area contributed by atoms with Gasteiger partial charge in [0.1, 0.15) is 17.1 Å². The predicted molar refractivity (Wildman–Crippen MR) is 117 cm³/mol. The van der Waals surface area contributed by atoms with Crippen LogP contribution in [0.2, 0.25) is 5.02 Å². The molecule has 0 unspecified atom stereocenters. The van der Waals surface area contributed by atoms with Crippen LogP contribution < -0.4 is 15.4 Å². The number of benzene rings is 1. The Hall–Kier alpha value is -3.43. The van der Waals surface area contributed by atoms with Crippen LogP contribution in [0.4, 0.5) is 10.6 Å². The first kappa shape index (κ1) is 19.3. The maximum atomic E-state index is 12.9. The van der Waals surface area contributed by atoms with Crippen molar-refractivity contribution in [2.24, 2.45) is 0 Å². The lowest BCUT2D eigenvalue weighted by atomic mass is 10.1. The van der Waals surface area contributed by atoms with Crippen molar-refractivity contribution in [1.29, 1.82) is 0 Å². The lowest BCUT2D eigenvalue weighted by Gasteiger charge is -2.09. The van der Waals surface area contributed by atoms with Crippen molar-refractivity contribution in [1.82, 2.24) is 25.0 Å². The van der Waals surface area contributed by atoms with Gasteiger partial charge in [-0.25, -0.2) is 14.8 Å². The lowest BCUT2D eigenvalue weighted by molar-refractivity contribution is 0.254. The Morgan fingerprint density at radius 3 is 3.00 bits per heavy atom. The van der Waals surface area contributed by atoms with Crippen LogP contribution in [0.5, 0.6) is 11.6 Å². The molecule has 1 aliphatic carbocycles. The second-order valence-electron chi connectivity index (χ2n) is 8.38. The highest BCUT2D eigenvalue weighted by molar-refractivity contribution is 6.34. The first-order valence-electron chi connectivity index (χ1n) is 10.3. The van der Waals surface area contributed by atoms with Crippen molar-refractivity contribution in [3.63, 3.8) is 0 Å². The van der Waals surface area contributed by atoms with Gasteiger partial charge < -0.3 is 14.6 Å². The molecule has 1 aliphatic heterocycles. The standard InChI is InChI=1S/C22H19ClN6O3/c1-22(5-6-22)18-17(23)19(28-32-18)27-21(30)29-7-4-12-8-13(2-3-16(12)29)31-20-14-9-24-10-15(14)25-11-26-20/h2-4,7-8,11,24H,5-6,9-10H2,1H3,(H,27,28,30). The molecule has 32 heavy (non-hydrogen) atoms. The molecule has 4 heterocycles. The normalized spacial score (nSPS) is 16.2. The van der Waals surface area contributed by atoms with E-state index in [4.69, 9.17) is 20.9 Å². The smallest absolute Gasteiger partial charge is 0.331 e. The Labute approximate surface area is 187 Å². The molecular formula is C22H19ClN6O3. The quantitative estimate of drug-likeness (QED) is 0.467. The zero-order valence-electron chi connectivity index (χ0n) is 17.2. The zero-order valence-corrected chi connectivity index (χ0v) is 17.9. The van der Waals surface area contributed by atoms with Crippen LogP contribution in [0.3, 0.4) is 0 Å². The average Bonchev–Trinajstić information content (AvgIpc) is 3.17. The van der Waals surface area contributed by atoms with Gasteiger partial charge in [0.2, 0.25) is 5.88 Å². The lowest BCUT2D eigenvalue weighted by Crippen LogP contribution is -2.18. The van der Waals surface area contributed by atoms with E-state index in [0.29, 0.717) is 35.5 Å². The van der Waals surface area contributed by atoms with Gasteiger partial charge in [-0.05, 0) is 37.1 Å². The number of rotatable bonds is 4. The van der Waals surface area contributed by atoms with Gasteiger partial charge in [0.15, 0.2) is 11.6 Å². The molecule has 6 rings (SSSR count). The van der Waals surface area contributed by atoms with Gasteiger partial charge in [0.25, 0.3) is 0 Å². The molecule has 0 radical (unpaired) electrons. The molecule has 0 bridgehead atoms. The third-order valence-corrected chi connectivity index (χ3v) is 6.44. The van der Waals surface area contributed by atoms with E-state index in [-0.39, 0.29) is 17.3 Å². The third-order valence-electron chi connectivity index (χ3n) is 6.09. The summed E-state index contributed by atoms with van der Waals surface area (Å²) in [4.78, 5) is 21.4. The third kappa shape index (κ3) is 3.12. The molecule has 10 heteroatoms. The molecule has 4 aromatic rings. The average molecular weight is 451 g/mol. The summed E-state index contributed by atoms with van der Waals surface area (Å²) in [5, 5.41) is 11.1. The number of nitrogens with zero attached hydrogens (tertiary/aromatic N) is 4. The van der Waals surface area contributed by atoms with Gasteiger partial charge in [-0.2, -0.15) is 0 Å². The minimum atomic E-state index is -0.379. The van der Waals surface area contributed by atoms with Crippen LogP contribution in [0.25, 0.3) is 10.9 Å². The monoisotopic (exact) mass is 450 g/mol. The predicted octanol–water partition coefficient (Wildman–Crippen LogP) is 4.60. The molecule has 2 aliphatic rings. The number of aromatic nitrogens is 4. The number of carbonyl (C=O) groups excluding carboxylic acids is 1. The summed E-state index contributed by atoms with van der Waals surface area (Å²) in [5.41, 5.74) is 2.56. The van der Waals surface area contributed by atoms with E-state index in [1.807, 2.05) is 18.2 Å². The van der Waals surface area contributed by atoms with E-state index in [2.05, 4.69) is 32.7 Å². The summed E-state index contributed by atoms with van der Waals surface area (Å²) in [7, 11) is 0. The van der Waals surface area contributed by atoms with Gasteiger partial charge in [-0.3, -0.25) is 9.88 Å². The number of amides is 1. The van der Waals surface area contributed by atoms with Crippen LogP contribution >= 0.6 is 11.6 Å². The van der Waals surface area contributed by atoms with E-state index in [1.54, 1.807) is 12.3 Å². The minimum Gasteiger partial charge on any atom is -0.439 e. The van der Waals surface area contributed by atoms with E-state index in [9.17, 15) is 4.79 Å². The van der Waals surface area contributed by atoms with Gasteiger partial charge in [0, 0.05) is 30.1 Å². The maximum absolute atomic E-state index is 12.9. The molecule has 0 spiro atoms. The fourth-order valence-electron chi connectivity index (χ4n) is 3.93. The van der Waals surface area contributed by atoms with Crippen molar-refractivity contribution in [3.05, 3.63) is 58.8 Å². The highest BCUT2D eigenvalue weighted by atomic mass is 35.5. The van der Waals surface area contributed by atoms with Crippen LogP contribution in [0.1, 0.15) is 36.8 Å². The van der Waals surface area contributed by atoms with Crippen molar-refractivity contribution in [2.75, 3.05) is 5.32 Å². The van der Waals surface area contributed by atoms with Crippen molar-refractivity contribution >= 4 is 34.4 Å². The molecule has 9 nitrogen and oxygen atoms in total. The summed E-state index contributed by atoms with van der Waals surface area (Å²) < 4.78 is 12.9. The fraction of sp³-hybridized carbons (Fsp3) is 0.273. The first-order chi connectivity index (χ1) is 15.5. The van der Waals surface area contributed by atoms with E-state index in [0.717, 1.165) is 35.0 Å². The number of halogens is 1. The number of nitrogens with one attached hydrogen (secondary N) is 2. The topological polar surface area (TPSA) is 107 Å². The van der Waals surface area contributed by atoms with Gasteiger partial charge in [0.05, 0.1) is 16.8 Å². The molecule has 0 saturated heterocycles. The van der Waals surface area contributed by atoms with Gasteiger partial charge in [-0.15, -0.1) is 0 Å². The molecule has 0 atom stereocenters. The molecule has 1 amide bonds. The SMILES string of the molecule is CC1(c2onc(NC(=O)n3ccc4cc(Oc5ncnc6c5CNC6)ccc43)c2Cl)CC1. The number of anilines is 1. The molecule has 1 fully saturated rings. The van der Waals surface area contributed by atoms with E-state index >= 15 is 0 Å². The summed E-state index contributed by atoms with van der Waals surface area (Å²) >= 11 is 6.40. The van der Waals surface area contributed by atoms with Crippen molar-refractivity contribution in [3.8, 4) is 11.6 Å².